The highest BCUT2D eigenvalue weighted by Crippen LogP contribution is 2.38. The monoisotopic (exact) mass is 269 g/mol. The van der Waals surface area contributed by atoms with Gasteiger partial charge in [-0.1, -0.05) is 18.9 Å². The van der Waals surface area contributed by atoms with Gasteiger partial charge in [-0.25, -0.2) is 4.98 Å². The average Bonchev–Trinajstić information content (AvgIpc) is 3.01. The lowest BCUT2D eigenvalue weighted by Crippen LogP contribution is -2.26. The van der Waals surface area contributed by atoms with Crippen LogP contribution in [0.25, 0.3) is 11.0 Å². The topological polar surface area (TPSA) is 29.9 Å². The van der Waals surface area contributed by atoms with Gasteiger partial charge in [0.05, 0.1) is 17.6 Å². The van der Waals surface area contributed by atoms with Crippen LogP contribution in [0.3, 0.4) is 0 Å². The summed E-state index contributed by atoms with van der Waals surface area (Å²) in [6.07, 6.45) is 8.07. The van der Waals surface area contributed by atoms with E-state index in [4.69, 9.17) is 4.98 Å². The molecule has 0 spiro atoms. The van der Waals surface area contributed by atoms with Crippen LogP contribution >= 0.6 is 0 Å². The van der Waals surface area contributed by atoms with E-state index in [9.17, 15) is 0 Å². The summed E-state index contributed by atoms with van der Waals surface area (Å²) >= 11 is 0. The zero-order valence-electron chi connectivity index (χ0n) is 12.2. The lowest BCUT2D eigenvalue weighted by Gasteiger charge is -2.13. The predicted molar refractivity (Wildman–Crippen MR) is 81.8 cm³/mol. The van der Waals surface area contributed by atoms with Crippen LogP contribution in [-0.4, -0.2) is 15.6 Å². The van der Waals surface area contributed by atoms with Crippen LogP contribution in [-0.2, 0) is 6.54 Å². The SMILES string of the molecule is Cc1ccc2c(c1)nc(CNC1CCCC1)n2C1CC1. The minimum Gasteiger partial charge on any atom is -0.324 e. The lowest BCUT2D eigenvalue weighted by molar-refractivity contribution is 0.502. The molecule has 0 aliphatic heterocycles. The molecule has 0 radical (unpaired) electrons. The van der Waals surface area contributed by atoms with Crippen LogP contribution < -0.4 is 5.32 Å². The summed E-state index contributed by atoms with van der Waals surface area (Å²) in [5.74, 6) is 1.24. The fraction of sp³-hybridized carbons (Fsp3) is 0.588. The van der Waals surface area contributed by atoms with E-state index in [1.54, 1.807) is 0 Å². The smallest absolute Gasteiger partial charge is 0.124 e. The Hall–Kier alpha value is -1.35. The Morgan fingerprint density at radius 2 is 2.00 bits per heavy atom. The maximum atomic E-state index is 4.90. The van der Waals surface area contributed by atoms with Crippen LogP contribution in [0.15, 0.2) is 18.2 Å². The molecule has 4 rings (SSSR count). The Morgan fingerprint density at radius 3 is 2.75 bits per heavy atom. The van der Waals surface area contributed by atoms with Gasteiger partial charge in [-0.3, -0.25) is 0 Å². The largest absolute Gasteiger partial charge is 0.324 e. The predicted octanol–water partition coefficient (Wildman–Crippen LogP) is 3.71. The van der Waals surface area contributed by atoms with E-state index in [0.29, 0.717) is 12.1 Å². The molecule has 2 aliphatic carbocycles. The van der Waals surface area contributed by atoms with Gasteiger partial charge in [0.1, 0.15) is 5.82 Å². The molecule has 2 fully saturated rings. The maximum absolute atomic E-state index is 4.90. The number of hydrogen-bond donors (Lipinski definition) is 1. The molecule has 0 atom stereocenters. The van der Waals surface area contributed by atoms with Crippen molar-refractivity contribution < 1.29 is 0 Å². The Bertz CT molecular complexity index is 618. The molecule has 2 aromatic rings. The van der Waals surface area contributed by atoms with Gasteiger partial charge < -0.3 is 9.88 Å². The third-order valence-corrected chi connectivity index (χ3v) is 4.73. The van der Waals surface area contributed by atoms with Gasteiger partial charge in [0.15, 0.2) is 0 Å². The zero-order chi connectivity index (χ0) is 13.5. The number of fused-ring (bicyclic) bond motifs is 1. The minimum absolute atomic E-state index is 0.697. The second-order valence-electron chi connectivity index (χ2n) is 6.48. The third-order valence-electron chi connectivity index (χ3n) is 4.73. The van der Waals surface area contributed by atoms with E-state index in [1.165, 1.54) is 60.9 Å². The maximum Gasteiger partial charge on any atom is 0.124 e. The molecule has 0 unspecified atom stereocenters. The summed E-state index contributed by atoms with van der Waals surface area (Å²) in [4.78, 5) is 4.90. The van der Waals surface area contributed by atoms with Crippen molar-refractivity contribution in [2.75, 3.05) is 0 Å². The lowest BCUT2D eigenvalue weighted by atomic mass is 10.2. The number of aryl methyl sites for hydroxylation is 1. The Kier molecular flexibility index (Phi) is 3.03. The van der Waals surface area contributed by atoms with Crippen LogP contribution in [0.4, 0.5) is 0 Å². The fourth-order valence-corrected chi connectivity index (χ4v) is 3.49. The summed E-state index contributed by atoms with van der Waals surface area (Å²) in [5, 5.41) is 3.71. The number of aromatic nitrogens is 2. The quantitative estimate of drug-likeness (QED) is 0.917. The zero-order valence-corrected chi connectivity index (χ0v) is 12.2. The number of rotatable bonds is 4. The standard InChI is InChI=1S/C17H23N3/c1-12-6-9-16-15(10-12)19-17(20(16)14-7-8-14)11-18-13-4-2-3-5-13/h6,9-10,13-14,18H,2-5,7-8,11H2,1H3. The van der Waals surface area contributed by atoms with E-state index in [2.05, 4.69) is 35.0 Å². The van der Waals surface area contributed by atoms with Gasteiger partial charge in [0, 0.05) is 12.1 Å². The number of nitrogens with one attached hydrogen (secondary N) is 1. The molecule has 1 aromatic carbocycles. The van der Waals surface area contributed by atoms with Crippen molar-refractivity contribution in [1.82, 2.24) is 14.9 Å². The number of hydrogen-bond acceptors (Lipinski definition) is 2. The number of nitrogens with zero attached hydrogens (tertiary/aromatic N) is 2. The van der Waals surface area contributed by atoms with Crippen LogP contribution in [0.2, 0.25) is 0 Å². The second kappa shape index (κ2) is 4.88. The van der Waals surface area contributed by atoms with Crippen molar-refractivity contribution in [2.24, 2.45) is 0 Å². The fourth-order valence-electron chi connectivity index (χ4n) is 3.49. The van der Waals surface area contributed by atoms with Crippen LogP contribution in [0.1, 0.15) is 56.0 Å². The van der Waals surface area contributed by atoms with E-state index < -0.39 is 0 Å². The first-order valence-corrected chi connectivity index (χ1v) is 8.02. The van der Waals surface area contributed by atoms with E-state index in [1.807, 2.05) is 0 Å². The van der Waals surface area contributed by atoms with Gasteiger partial charge in [-0.05, 0) is 50.3 Å². The van der Waals surface area contributed by atoms with Crippen LogP contribution in [0.5, 0.6) is 0 Å². The summed E-state index contributed by atoms with van der Waals surface area (Å²) in [6.45, 7) is 3.07. The molecule has 1 heterocycles. The van der Waals surface area contributed by atoms with E-state index in [-0.39, 0.29) is 0 Å². The van der Waals surface area contributed by atoms with Crippen molar-refractivity contribution in [1.29, 1.82) is 0 Å². The first-order chi connectivity index (χ1) is 9.81. The minimum atomic E-state index is 0.697. The Balaban J connectivity index is 1.64. The Labute approximate surface area is 120 Å². The third kappa shape index (κ3) is 2.24. The molecule has 3 heteroatoms. The molecule has 106 valence electrons. The summed E-state index contributed by atoms with van der Waals surface area (Å²) in [5.41, 5.74) is 3.79. The molecule has 0 saturated heterocycles. The van der Waals surface area contributed by atoms with Gasteiger partial charge in [-0.2, -0.15) is 0 Å². The van der Waals surface area contributed by atoms with Gasteiger partial charge in [-0.15, -0.1) is 0 Å². The molecule has 3 nitrogen and oxygen atoms in total. The molecular formula is C17H23N3. The van der Waals surface area contributed by atoms with E-state index in [0.717, 1.165) is 6.54 Å². The molecule has 1 aromatic heterocycles. The van der Waals surface area contributed by atoms with Crippen molar-refractivity contribution in [3.63, 3.8) is 0 Å². The molecule has 1 N–H and O–H groups in total. The first-order valence-electron chi connectivity index (χ1n) is 8.02. The Morgan fingerprint density at radius 1 is 1.20 bits per heavy atom. The molecule has 0 amide bonds. The summed E-state index contributed by atoms with van der Waals surface area (Å²) in [6, 6.07) is 8.08. The van der Waals surface area contributed by atoms with Crippen molar-refractivity contribution >= 4 is 11.0 Å². The number of imidazole rings is 1. The number of benzene rings is 1. The van der Waals surface area contributed by atoms with Crippen molar-refractivity contribution in [3.8, 4) is 0 Å². The second-order valence-corrected chi connectivity index (χ2v) is 6.48. The molecular weight excluding hydrogens is 246 g/mol. The van der Waals surface area contributed by atoms with E-state index >= 15 is 0 Å². The highest BCUT2D eigenvalue weighted by Gasteiger charge is 2.28. The summed E-state index contributed by atoms with van der Waals surface area (Å²) in [7, 11) is 0. The summed E-state index contributed by atoms with van der Waals surface area (Å²) < 4.78 is 2.48. The van der Waals surface area contributed by atoms with Crippen molar-refractivity contribution in [3.05, 3.63) is 29.6 Å². The normalized spacial score (nSPS) is 20.1. The van der Waals surface area contributed by atoms with Crippen LogP contribution in [0, 0.1) is 6.92 Å². The van der Waals surface area contributed by atoms with Gasteiger partial charge in [0.2, 0.25) is 0 Å². The van der Waals surface area contributed by atoms with Crippen molar-refractivity contribution in [2.45, 2.75) is 64.1 Å². The van der Waals surface area contributed by atoms with Gasteiger partial charge in [0.25, 0.3) is 0 Å². The van der Waals surface area contributed by atoms with Gasteiger partial charge >= 0.3 is 0 Å². The molecule has 20 heavy (non-hydrogen) atoms. The highest BCUT2D eigenvalue weighted by atomic mass is 15.2. The highest BCUT2D eigenvalue weighted by molar-refractivity contribution is 5.77. The average molecular weight is 269 g/mol. The molecule has 0 bridgehead atoms. The molecule has 2 aliphatic rings. The first kappa shape index (κ1) is 12.4. The molecule has 2 saturated carbocycles.